The average molecular weight is 279 g/mol. The van der Waals surface area contributed by atoms with Crippen LogP contribution in [0.15, 0.2) is 18.2 Å². The molecule has 0 amide bonds. The zero-order chi connectivity index (χ0) is 14.1. The van der Waals surface area contributed by atoms with Crippen molar-refractivity contribution in [2.45, 2.75) is 31.4 Å². The Kier molecular flexibility index (Phi) is 3.72. The number of aromatic hydroxyl groups is 1. The summed E-state index contributed by atoms with van der Waals surface area (Å²) in [6.45, 7) is 1.55. The maximum absolute atomic E-state index is 13.2. The molecule has 1 N–H and O–H groups in total. The number of halogens is 1. The van der Waals surface area contributed by atoms with E-state index in [0.717, 1.165) is 31.4 Å². The van der Waals surface area contributed by atoms with Gasteiger partial charge in [0.1, 0.15) is 11.6 Å². The predicted octanol–water partition coefficient (Wildman–Crippen LogP) is 1.97. The van der Waals surface area contributed by atoms with Crippen LogP contribution >= 0.6 is 0 Å². The molecule has 1 aliphatic carbocycles. The molecular formula is C15H18FNO3. The van der Waals surface area contributed by atoms with Crippen molar-refractivity contribution in [3.05, 3.63) is 29.6 Å². The number of phenolic OH excluding ortho intramolecular Hbond substituents is 1. The van der Waals surface area contributed by atoms with Crippen LogP contribution in [-0.4, -0.2) is 47.6 Å². The topological polar surface area (TPSA) is 49.8 Å². The first-order valence-electron chi connectivity index (χ1n) is 7.02. The van der Waals surface area contributed by atoms with E-state index in [2.05, 4.69) is 4.90 Å². The van der Waals surface area contributed by atoms with Crippen molar-refractivity contribution in [1.29, 1.82) is 0 Å². The van der Waals surface area contributed by atoms with Gasteiger partial charge in [0, 0.05) is 12.6 Å². The highest BCUT2D eigenvalue weighted by atomic mass is 19.1. The van der Waals surface area contributed by atoms with Crippen LogP contribution in [0.2, 0.25) is 0 Å². The SMILES string of the molecule is O=C(CN1CCOC2CCCC21)c1cc(F)ccc1O. The molecule has 0 bridgehead atoms. The highest BCUT2D eigenvalue weighted by Crippen LogP contribution is 2.30. The number of hydrogen-bond donors (Lipinski definition) is 1. The predicted molar refractivity (Wildman–Crippen MR) is 71.3 cm³/mol. The molecule has 1 saturated carbocycles. The first-order valence-corrected chi connectivity index (χ1v) is 7.02. The summed E-state index contributed by atoms with van der Waals surface area (Å²) in [5.74, 6) is -0.908. The molecule has 1 heterocycles. The number of hydrogen-bond acceptors (Lipinski definition) is 4. The van der Waals surface area contributed by atoms with E-state index >= 15 is 0 Å². The molecule has 2 unspecified atom stereocenters. The number of benzene rings is 1. The molecular weight excluding hydrogens is 261 g/mol. The summed E-state index contributed by atoms with van der Waals surface area (Å²) in [6, 6.07) is 3.75. The van der Waals surface area contributed by atoms with Crippen molar-refractivity contribution in [2.75, 3.05) is 19.7 Å². The van der Waals surface area contributed by atoms with Crippen molar-refractivity contribution >= 4 is 5.78 Å². The van der Waals surface area contributed by atoms with Crippen LogP contribution in [0.5, 0.6) is 5.75 Å². The van der Waals surface area contributed by atoms with Gasteiger partial charge < -0.3 is 9.84 Å². The van der Waals surface area contributed by atoms with Crippen LogP contribution in [0.1, 0.15) is 29.6 Å². The molecule has 5 heteroatoms. The minimum absolute atomic E-state index is 0.0611. The lowest BCUT2D eigenvalue weighted by atomic mass is 10.1. The van der Waals surface area contributed by atoms with Gasteiger partial charge in [-0.1, -0.05) is 0 Å². The van der Waals surface area contributed by atoms with Gasteiger partial charge in [0.25, 0.3) is 0 Å². The highest BCUT2D eigenvalue weighted by Gasteiger charge is 2.36. The summed E-state index contributed by atoms with van der Waals surface area (Å²) in [5, 5.41) is 9.69. The van der Waals surface area contributed by atoms with E-state index in [1.54, 1.807) is 0 Å². The normalized spacial score (nSPS) is 26.4. The Hall–Kier alpha value is -1.46. The number of carbonyl (C=O) groups excluding carboxylic acids is 1. The van der Waals surface area contributed by atoms with Crippen LogP contribution in [0.4, 0.5) is 4.39 Å². The zero-order valence-corrected chi connectivity index (χ0v) is 11.2. The molecule has 2 atom stereocenters. The molecule has 1 aromatic carbocycles. The lowest BCUT2D eigenvalue weighted by molar-refractivity contribution is -0.0522. The first-order chi connectivity index (χ1) is 9.65. The van der Waals surface area contributed by atoms with Crippen molar-refractivity contribution in [1.82, 2.24) is 4.90 Å². The standard InChI is InChI=1S/C15H18FNO3/c16-10-4-5-13(18)11(8-10)14(19)9-17-6-7-20-15-3-1-2-12(15)17/h4-5,8,12,15,18H,1-3,6-7,9H2. The van der Waals surface area contributed by atoms with Crippen molar-refractivity contribution in [3.63, 3.8) is 0 Å². The number of Topliss-reactive ketones (excluding diaryl/α,β-unsaturated/α-hetero) is 1. The highest BCUT2D eigenvalue weighted by molar-refractivity contribution is 6.00. The van der Waals surface area contributed by atoms with Gasteiger partial charge in [0.15, 0.2) is 5.78 Å². The van der Waals surface area contributed by atoms with Gasteiger partial charge >= 0.3 is 0 Å². The second kappa shape index (κ2) is 5.50. The van der Waals surface area contributed by atoms with E-state index in [9.17, 15) is 14.3 Å². The maximum atomic E-state index is 13.2. The molecule has 108 valence electrons. The summed E-state index contributed by atoms with van der Waals surface area (Å²) < 4.78 is 18.9. The van der Waals surface area contributed by atoms with E-state index in [-0.39, 0.29) is 35.8 Å². The fourth-order valence-electron chi connectivity index (χ4n) is 3.20. The number of rotatable bonds is 3. The van der Waals surface area contributed by atoms with Crippen LogP contribution in [0.25, 0.3) is 0 Å². The van der Waals surface area contributed by atoms with Gasteiger partial charge in [0.05, 0.1) is 24.8 Å². The van der Waals surface area contributed by atoms with E-state index < -0.39 is 5.82 Å². The quantitative estimate of drug-likeness (QED) is 0.859. The third-order valence-electron chi connectivity index (χ3n) is 4.20. The van der Waals surface area contributed by atoms with Gasteiger partial charge in [-0.2, -0.15) is 0 Å². The average Bonchev–Trinajstić information content (AvgIpc) is 2.91. The van der Waals surface area contributed by atoms with Crippen LogP contribution in [-0.2, 0) is 4.74 Å². The van der Waals surface area contributed by atoms with Crippen molar-refractivity contribution in [2.24, 2.45) is 0 Å². The smallest absolute Gasteiger partial charge is 0.180 e. The zero-order valence-electron chi connectivity index (χ0n) is 11.2. The largest absolute Gasteiger partial charge is 0.507 e. The number of ketones is 1. The summed E-state index contributed by atoms with van der Waals surface area (Å²) in [7, 11) is 0. The van der Waals surface area contributed by atoms with E-state index in [0.29, 0.717) is 13.2 Å². The molecule has 2 aliphatic rings. The molecule has 0 spiro atoms. The molecule has 2 fully saturated rings. The minimum Gasteiger partial charge on any atom is -0.507 e. The maximum Gasteiger partial charge on any atom is 0.180 e. The molecule has 0 aromatic heterocycles. The molecule has 1 aromatic rings. The molecule has 3 rings (SSSR count). The number of morpholine rings is 1. The van der Waals surface area contributed by atoms with Crippen molar-refractivity contribution in [3.8, 4) is 5.75 Å². The minimum atomic E-state index is -0.508. The lowest BCUT2D eigenvalue weighted by Crippen LogP contribution is -2.50. The second-order valence-corrected chi connectivity index (χ2v) is 5.46. The number of nitrogens with zero attached hydrogens (tertiary/aromatic N) is 1. The molecule has 1 aliphatic heterocycles. The van der Waals surface area contributed by atoms with Crippen LogP contribution < -0.4 is 0 Å². The molecule has 4 nitrogen and oxygen atoms in total. The lowest BCUT2D eigenvalue weighted by Gasteiger charge is -2.37. The Morgan fingerprint density at radius 1 is 1.45 bits per heavy atom. The fourth-order valence-corrected chi connectivity index (χ4v) is 3.20. The Bertz CT molecular complexity index is 520. The molecule has 0 radical (unpaired) electrons. The van der Waals surface area contributed by atoms with Crippen molar-refractivity contribution < 1.29 is 19.0 Å². The van der Waals surface area contributed by atoms with E-state index in [4.69, 9.17) is 4.74 Å². The van der Waals surface area contributed by atoms with Gasteiger partial charge in [0.2, 0.25) is 0 Å². The Labute approximate surface area is 117 Å². The number of fused-ring (bicyclic) bond motifs is 1. The first kappa shape index (κ1) is 13.5. The molecule has 20 heavy (non-hydrogen) atoms. The van der Waals surface area contributed by atoms with Gasteiger partial charge in [-0.3, -0.25) is 9.69 Å². The van der Waals surface area contributed by atoms with E-state index in [1.807, 2.05) is 0 Å². The third-order valence-corrected chi connectivity index (χ3v) is 4.20. The van der Waals surface area contributed by atoms with E-state index in [1.165, 1.54) is 6.07 Å². The molecule has 1 saturated heterocycles. The summed E-state index contributed by atoms with van der Waals surface area (Å²) in [6.07, 6.45) is 3.41. The second-order valence-electron chi connectivity index (χ2n) is 5.46. The van der Waals surface area contributed by atoms with Gasteiger partial charge in [-0.05, 0) is 37.5 Å². The Morgan fingerprint density at radius 2 is 2.30 bits per heavy atom. The fraction of sp³-hybridized carbons (Fsp3) is 0.533. The monoisotopic (exact) mass is 279 g/mol. The van der Waals surface area contributed by atoms with Gasteiger partial charge in [-0.25, -0.2) is 4.39 Å². The number of carbonyl (C=O) groups is 1. The van der Waals surface area contributed by atoms with Crippen LogP contribution in [0, 0.1) is 5.82 Å². The summed E-state index contributed by atoms with van der Waals surface area (Å²) in [5.41, 5.74) is 0.0611. The van der Waals surface area contributed by atoms with Gasteiger partial charge in [-0.15, -0.1) is 0 Å². The summed E-state index contributed by atoms with van der Waals surface area (Å²) >= 11 is 0. The number of phenols is 1. The Balaban J connectivity index is 1.73. The summed E-state index contributed by atoms with van der Waals surface area (Å²) in [4.78, 5) is 14.4. The third kappa shape index (κ3) is 2.55. The Morgan fingerprint density at radius 3 is 3.15 bits per heavy atom. The number of ether oxygens (including phenoxy) is 1. The van der Waals surface area contributed by atoms with Crippen LogP contribution in [0.3, 0.4) is 0 Å².